The van der Waals surface area contributed by atoms with Crippen molar-refractivity contribution in [3.8, 4) is 11.5 Å². The van der Waals surface area contributed by atoms with Crippen LogP contribution in [0.1, 0.15) is 119 Å². The number of nitrogens with zero attached hydrogens (tertiary/aromatic N) is 6. The van der Waals surface area contributed by atoms with E-state index in [1.807, 2.05) is 6.07 Å². The third-order valence-corrected chi connectivity index (χ3v) is 12.1. The maximum absolute atomic E-state index is 14.1. The van der Waals surface area contributed by atoms with Crippen LogP contribution < -0.4 is 16.0 Å². The number of alkyl halides is 2. The molecule has 2 aliphatic carbocycles. The van der Waals surface area contributed by atoms with E-state index >= 15 is 0 Å². The first kappa shape index (κ1) is 42.8. The normalized spacial score (nSPS) is 20.3. The van der Waals surface area contributed by atoms with Crippen molar-refractivity contribution in [1.82, 2.24) is 34.9 Å². The molecule has 0 radical (unpaired) electrons. The predicted molar refractivity (Wildman–Crippen MR) is 221 cm³/mol. The van der Waals surface area contributed by atoms with Gasteiger partial charge in [0, 0.05) is 57.2 Å². The second-order valence-corrected chi connectivity index (χ2v) is 16.7. The first-order valence-corrected chi connectivity index (χ1v) is 21.5. The van der Waals surface area contributed by atoms with E-state index in [0.717, 1.165) is 62.2 Å². The summed E-state index contributed by atoms with van der Waals surface area (Å²) in [6.07, 6.45) is 9.41. The molecule has 2 saturated carbocycles. The predicted octanol–water partition coefficient (Wildman–Crippen LogP) is 6.05. The fourth-order valence-electron chi connectivity index (χ4n) is 8.60. The van der Waals surface area contributed by atoms with Gasteiger partial charge in [0.05, 0.1) is 22.9 Å². The summed E-state index contributed by atoms with van der Waals surface area (Å²) in [5.41, 5.74) is 1.38. The number of halogens is 2. The number of imide groups is 2. The molecule has 0 bridgehead atoms. The number of anilines is 2. The minimum Gasteiger partial charge on any atom is -0.444 e. The highest BCUT2D eigenvalue weighted by Gasteiger charge is 2.45. The van der Waals surface area contributed by atoms with Gasteiger partial charge in [-0.1, -0.05) is 12.1 Å². The van der Waals surface area contributed by atoms with Gasteiger partial charge in [-0.25, -0.2) is 18.7 Å². The van der Waals surface area contributed by atoms with Crippen molar-refractivity contribution in [1.29, 1.82) is 0 Å². The molecule has 1 aromatic carbocycles. The Morgan fingerprint density at radius 3 is 2.58 bits per heavy atom. The van der Waals surface area contributed by atoms with E-state index in [2.05, 4.69) is 43.0 Å². The molecule has 3 aromatic heterocycles. The molecule has 3 N–H and O–H groups in total. The van der Waals surface area contributed by atoms with Crippen LogP contribution in [-0.4, -0.2) is 105 Å². The molecule has 5 amide bonds. The van der Waals surface area contributed by atoms with E-state index in [-0.39, 0.29) is 41.7 Å². The summed E-state index contributed by atoms with van der Waals surface area (Å²) in [5, 5.41) is 12.3. The first-order chi connectivity index (χ1) is 30.0. The van der Waals surface area contributed by atoms with E-state index in [1.54, 1.807) is 35.1 Å². The van der Waals surface area contributed by atoms with E-state index in [0.29, 0.717) is 54.8 Å². The number of benzene rings is 1. The molecule has 4 aliphatic rings. The van der Waals surface area contributed by atoms with Gasteiger partial charge >= 0.3 is 0 Å². The smallest absolute Gasteiger partial charge is 0.284 e. The Labute approximate surface area is 357 Å². The molecule has 328 valence electrons. The van der Waals surface area contributed by atoms with Gasteiger partial charge in [0.1, 0.15) is 18.1 Å². The topological polar surface area (TPSA) is 194 Å². The Kier molecular flexibility index (Phi) is 13.1. The van der Waals surface area contributed by atoms with Crippen LogP contribution in [0.2, 0.25) is 0 Å². The van der Waals surface area contributed by atoms with Crippen LogP contribution in [0.4, 0.5) is 20.3 Å². The summed E-state index contributed by atoms with van der Waals surface area (Å²) >= 11 is 0. The lowest BCUT2D eigenvalue weighted by molar-refractivity contribution is -0.136. The summed E-state index contributed by atoms with van der Waals surface area (Å²) in [4.78, 5) is 75.5. The molecule has 62 heavy (non-hydrogen) atoms. The molecule has 0 spiro atoms. The molecule has 4 aromatic rings. The number of hydrogen-bond donors (Lipinski definition) is 3. The number of oxazole rings is 1. The summed E-state index contributed by atoms with van der Waals surface area (Å²) in [7, 11) is 2.08. The molecular formula is C44H51F2N9O7. The van der Waals surface area contributed by atoms with E-state index in [9.17, 15) is 32.8 Å². The fraction of sp³-hybridized carbons (Fsp3) is 0.500. The number of amides is 5. The van der Waals surface area contributed by atoms with Crippen molar-refractivity contribution in [2.24, 2.45) is 11.8 Å². The van der Waals surface area contributed by atoms with Crippen molar-refractivity contribution in [2.75, 3.05) is 50.5 Å². The number of fused-ring (bicyclic) bond motifs is 1. The molecular weight excluding hydrogens is 805 g/mol. The second kappa shape index (κ2) is 19.0. The number of aromatic nitrogens is 4. The van der Waals surface area contributed by atoms with Gasteiger partial charge in [0.25, 0.3) is 24.1 Å². The van der Waals surface area contributed by atoms with E-state index in [1.165, 1.54) is 25.3 Å². The molecule has 8 rings (SSSR count). The number of pyridine rings is 1. The van der Waals surface area contributed by atoms with Crippen molar-refractivity contribution in [2.45, 2.75) is 89.1 Å². The highest BCUT2D eigenvalue weighted by Crippen LogP contribution is 2.36. The van der Waals surface area contributed by atoms with Crippen molar-refractivity contribution in [3.05, 3.63) is 77.1 Å². The molecule has 1 unspecified atom stereocenters. The number of carbonyl (C=O) groups is 5. The van der Waals surface area contributed by atoms with Crippen LogP contribution >= 0.6 is 0 Å². The number of nitrogens with one attached hydrogen (secondary N) is 3. The van der Waals surface area contributed by atoms with Crippen LogP contribution in [0.5, 0.6) is 0 Å². The Bertz CT molecular complexity index is 2300. The lowest BCUT2D eigenvalue weighted by Gasteiger charge is -2.31. The summed E-state index contributed by atoms with van der Waals surface area (Å²) < 4.78 is 41.3. The lowest BCUT2D eigenvalue weighted by Crippen LogP contribution is -2.54. The Balaban J connectivity index is 0.741. The van der Waals surface area contributed by atoms with Crippen LogP contribution in [0.15, 0.2) is 53.4 Å². The Morgan fingerprint density at radius 2 is 1.81 bits per heavy atom. The molecule has 2 aliphatic heterocycles. The molecule has 5 heterocycles. The zero-order chi connectivity index (χ0) is 43.3. The van der Waals surface area contributed by atoms with Gasteiger partial charge in [0.15, 0.2) is 11.4 Å². The third-order valence-electron chi connectivity index (χ3n) is 12.1. The van der Waals surface area contributed by atoms with E-state index in [4.69, 9.17) is 9.15 Å². The minimum absolute atomic E-state index is 0.0412. The second-order valence-electron chi connectivity index (χ2n) is 16.7. The number of ether oxygens (including phenoxy) is 1. The number of piperidine rings is 1. The number of aryl methyl sites for hydroxylation is 1. The van der Waals surface area contributed by atoms with E-state index < -0.39 is 47.7 Å². The van der Waals surface area contributed by atoms with Gasteiger partial charge < -0.3 is 24.7 Å². The number of rotatable bonds is 19. The standard InChI is InChI=1S/C44H51F2N9O7/c1-53(18-4-20-61-19-3-6-28-5-2-7-31-37(28)44(60)55(43(31)59)34-14-15-36(56)51-41(34)58)23-27-10-12-30(13-11-27)54-24-32(38(52-54)39(45)46)49-40(57)33-25-62-42(50-33)29-16-17-47-35(21-29)48-22-26-8-9-26/h2,5,7,16-17,21,24-27,30,34,39H,3-4,6,8-15,18-20,22-23H2,1H3,(H,47,48)(H,49,57)(H,51,56,58). The van der Waals surface area contributed by atoms with Gasteiger partial charge in [0.2, 0.25) is 17.7 Å². The third kappa shape index (κ3) is 9.91. The Morgan fingerprint density at radius 1 is 1.02 bits per heavy atom. The van der Waals surface area contributed by atoms with Gasteiger partial charge in [-0.2, -0.15) is 5.10 Å². The first-order valence-electron chi connectivity index (χ1n) is 21.5. The van der Waals surface area contributed by atoms with Crippen molar-refractivity contribution < 1.29 is 41.9 Å². The zero-order valence-corrected chi connectivity index (χ0v) is 34.6. The van der Waals surface area contributed by atoms with Crippen molar-refractivity contribution >= 4 is 41.0 Å². The average molecular weight is 856 g/mol. The number of hydrogen-bond acceptors (Lipinski definition) is 12. The van der Waals surface area contributed by atoms with Crippen LogP contribution in [0.3, 0.4) is 0 Å². The molecule has 3 fully saturated rings. The summed E-state index contributed by atoms with van der Waals surface area (Å²) in [5.74, 6) is -0.724. The lowest BCUT2D eigenvalue weighted by atomic mass is 9.86. The summed E-state index contributed by atoms with van der Waals surface area (Å²) in [6.45, 7) is 3.63. The highest BCUT2D eigenvalue weighted by atomic mass is 19.3. The highest BCUT2D eigenvalue weighted by molar-refractivity contribution is 6.24. The summed E-state index contributed by atoms with van der Waals surface area (Å²) in [6, 6.07) is 7.60. The molecule has 1 saturated heterocycles. The molecule has 1 atom stereocenters. The van der Waals surface area contributed by atoms with Gasteiger partial charge in [-0.15, -0.1) is 0 Å². The maximum atomic E-state index is 14.1. The zero-order valence-electron chi connectivity index (χ0n) is 34.6. The van der Waals surface area contributed by atoms with Gasteiger partial charge in [-0.05, 0) is 107 Å². The van der Waals surface area contributed by atoms with Crippen LogP contribution in [-0.2, 0) is 20.7 Å². The quantitative estimate of drug-likeness (QED) is 0.0732. The largest absolute Gasteiger partial charge is 0.444 e. The fourth-order valence-corrected chi connectivity index (χ4v) is 8.60. The van der Waals surface area contributed by atoms with Crippen molar-refractivity contribution in [3.63, 3.8) is 0 Å². The maximum Gasteiger partial charge on any atom is 0.284 e. The minimum atomic E-state index is -2.88. The number of carbonyl (C=O) groups excluding carboxylic acids is 5. The van der Waals surface area contributed by atoms with Gasteiger partial charge in [-0.3, -0.25) is 38.9 Å². The average Bonchev–Trinajstić information content (AvgIpc) is 3.66. The molecule has 18 heteroatoms. The Hall–Kier alpha value is -5.88. The van der Waals surface area contributed by atoms with Crippen LogP contribution in [0.25, 0.3) is 11.5 Å². The van der Waals surface area contributed by atoms with Crippen LogP contribution in [0, 0.1) is 11.8 Å². The molecule has 16 nitrogen and oxygen atoms in total. The SMILES string of the molecule is CN(CCCOCCCc1cccc2c1C(=O)N(C1CCC(=O)NC1=O)C2=O)CC1CCC(n2cc(NC(=O)c3coc(-c4ccnc(NCC5CC5)c4)n3)c(C(F)F)n2)CC1. The monoisotopic (exact) mass is 855 g/mol.